The molecular formula is C25H19BrN2O3S. The zero-order valence-corrected chi connectivity index (χ0v) is 19.9. The molecule has 5 aromatic rings. The lowest BCUT2D eigenvalue weighted by molar-refractivity contribution is 0.282. The predicted octanol–water partition coefficient (Wildman–Crippen LogP) is 5.12. The lowest BCUT2D eigenvalue weighted by atomic mass is 10.1. The Morgan fingerprint density at radius 2 is 1.91 bits per heavy atom. The number of imidazole rings is 1. The molecule has 0 fully saturated rings. The molecule has 0 radical (unpaired) electrons. The van der Waals surface area contributed by atoms with Gasteiger partial charge in [0.05, 0.1) is 27.1 Å². The minimum Gasteiger partial charge on any atom is -0.493 e. The first kappa shape index (κ1) is 20.7. The molecule has 5 nitrogen and oxygen atoms in total. The van der Waals surface area contributed by atoms with Gasteiger partial charge in [-0.15, -0.1) is 0 Å². The maximum absolute atomic E-state index is 13.0. The van der Waals surface area contributed by atoms with Crippen LogP contribution in [-0.4, -0.2) is 16.5 Å². The Kier molecular flexibility index (Phi) is 5.45. The fraction of sp³-hybridized carbons (Fsp3) is 0.120. The summed E-state index contributed by atoms with van der Waals surface area (Å²) in [5.74, 6) is 1.22. The van der Waals surface area contributed by atoms with Crippen LogP contribution in [0.4, 0.5) is 0 Å². The van der Waals surface area contributed by atoms with Crippen molar-refractivity contribution < 1.29 is 9.47 Å². The molecule has 2 aromatic heterocycles. The third-order valence-electron chi connectivity index (χ3n) is 5.33. The van der Waals surface area contributed by atoms with E-state index in [0.29, 0.717) is 27.6 Å². The molecule has 0 aliphatic heterocycles. The summed E-state index contributed by atoms with van der Waals surface area (Å²) in [5, 5.41) is 0. The number of benzene rings is 3. The SMILES string of the molecule is COc1cc(/C=c2\sc3nc4ccccc4n3c2=O)cc(Br)c1OCc1ccccc1C. The molecule has 3 aromatic carbocycles. The van der Waals surface area contributed by atoms with Crippen molar-refractivity contribution in [3.05, 3.63) is 96.7 Å². The van der Waals surface area contributed by atoms with Crippen molar-refractivity contribution in [1.29, 1.82) is 0 Å². The average Bonchev–Trinajstić information content (AvgIpc) is 3.30. The van der Waals surface area contributed by atoms with E-state index in [9.17, 15) is 4.79 Å². The molecule has 0 aliphatic rings. The van der Waals surface area contributed by atoms with Gasteiger partial charge in [-0.05, 0) is 69.9 Å². The van der Waals surface area contributed by atoms with Gasteiger partial charge < -0.3 is 9.47 Å². The van der Waals surface area contributed by atoms with Crippen LogP contribution in [-0.2, 0) is 6.61 Å². The molecule has 160 valence electrons. The number of fused-ring (bicyclic) bond motifs is 3. The van der Waals surface area contributed by atoms with Crippen LogP contribution in [0.3, 0.4) is 0 Å². The van der Waals surface area contributed by atoms with Crippen molar-refractivity contribution in [2.24, 2.45) is 0 Å². The zero-order valence-electron chi connectivity index (χ0n) is 17.5. The van der Waals surface area contributed by atoms with E-state index in [1.54, 1.807) is 11.5 Å². The zero-order chi connectivity index (χ0) is 22.2. The van der Waals surface area contributed by atoms with Gasteiger partial charge in [-0.3, -0.25) is 4.79 Å². The van der Waals surface area contributed by atoms with Crippen LogP contribution < -0.4 is 19.6 Å². The van der Waals surface area contributed by atoms with Crippen molar-refractivity contribution in [3.8, 4) is 11.5 Å². The number of halogens is 1. The van der Waals surface area contributed by atoms with Gasteiger partial charge >= 0.3 is 0 Å². The number of hydrogen-bond donors (Lipinski definition) is 0. The number of aromatic nitrogens is 2. The number of rotatable bonds is 5. The summed E-state index contributed by atoms with van der Waals surface area (Å²) in [5.41, 5.74) is 4.69. The smallest absolute Gasteiger partial charge is 0.274 e. The lowest BCUT2D eigenvalue weighted by Crippen LogP contribution is -2.22. The van der Waals surface area contributed by atoms with Gasteiger partial charge in [-0.25, -0.2) is 9.38 Å². The Hall–Kier alpha value is -3.16. The molecule has 0 amide bonds. The van der Waals surface area contributed by atoms with E-state index in [1.165, 1.54) is 16.9 Å². The van der Waals surface area contributed by atoms with Crippen LogP contribution in [0.5, 0.6) is 11.5 Å². The largest absolute Gasteiger partial charge is 0.493 e. The van der Waals surface area contributed by atoms with E-state index in [4.69, 9.17) is 9.47 Å². The average molecular weight is 507 g/mol. The van der Waals surface area contributed by atoms with E-state index < -0.39 is 0 Å². The van der Waals surface area contributed by atoms with E-state index in [1.807, 2.05) is 60.7 Å². The summed E-state index contributed by atoms with van der Waals surface area (Å²) in [6.07, 6.45) is 1.86. The summed E-state index contributed by atoms with van der Waals surface area (Å²) in [4.78, 5) is 18.3. The van der Waals surface area contributed by atoms with Crippen LogP contribution in [0.2, 0.25) is 0 Å². The number of aryl methyl sites for hydroxylation is 1. The standard InChI is InChI=1S/C25H19BrN2O3S/c1-15-7-3-4-8-17(15)14-31-23-18(26)11-16(12-21(23)30-2)13-22-24(29)28-20-10-6-5-9-19(20)27-25(28)32-22/h3-13H,14H2,1-2H3/b22-13-. The van der Waals surface area contributed by atoms with Crippen molar-refractivity contribution in [2.45, 2.75) is 13.5 Å². The number of methoxy groups -OCH3 is 1. The maximum Gasteiger partial charge on any atom is 0.274 e. The minimum atomic E-state index is -0.0753. The molecule has 0 saturated heterocycles. The van der Waals surface area contributed by atoms with E-state index >= 15 is 0 Å². The number of nitrogens with zero attached hydrogens (tertiary/aromatic N) is 2. The summed E-state index contributed by atoms with van der Waals surface area (Å²) < 4.78 is 14.7. The molecule has 0 bridgehead atoms. The molecule has 0 spiro atoms. The number of hydrogen-bond acceptors (Lipinski definition) is 5. The number of para-hydroxylation sites is 2. The van der Waals surface area contributed by atoms with Crippen molar-refractivity contribution in [3.63, 3.8) is 0 Å². The van der Waals surface area contributed by atoms with Gasteiger partial charge in [-0.2, -0.15) is 0 Å². The van der Waals surface area contributed by atoms with Gasteiger partial charge in [0.25, 0.3) is 5.56 Å². The highest BCUT2D eigenvalue weighted by Crippen LogP contribution is 2.37. The minimum absolute atomic E-state index is 0.0753. The second kappa shape index (κ2) is 8.41. The molecule has 7 heteroatoms. The summed E-state index contributed by atoms with van der Waals surface area (Å²) in [7, 11) is 1.61. The fourth-order valence-electron chi connectivity index (χ4n) is 3.65. The Bertz CT molecular complexity index is 1570. The molecule has 32 heavy (non-hydrogen) atoms. The van der Waals surface area contributed by atoms with E-state index in [-0.39, 0.29) is 5.56 Å². The Labute approximate surface area is 196 Å². The van der Waals surface area contributed by atoms with Gasteiger partial charge in [0, 0.05) is 0 Å². The highest BCUT2D eigenvalue weighted by atomic mass is 79.9. The number of ether oxygens (including phenoxy) is 2. The molecule has 0 atom stereocenters. The van der Waals surface area contributed by atoms with Crippen LogP contribution in [0.15, 0.2) is 69.9 Å². The second-order valence-electron chi connectivity index (χ2n) is 7.38. The third-order valence-corrected chi connectivity index (χ3v) is 6.89. The molecular weight excluding hydrogens is 488 g/mol. The third kappa shape index (κ3) is 3.67. The lowest BCUT2D eigenvalue weighted by Gasteiger charge is -2.14. The summed E-state index contributed by atoms with van der Waals surface area (Å²) in [6.45, 7) is 2.50. The summed E-state index contributed by atoms with van der Waals surface area (Å²) in [6, 6.07) is 19.6. The van der Waals surface area contributed by atoms with Crippen molar-refractivity contribution >= 4 is 49.3 Å². The molecule has 5 rings (SSSR count). The van der Waals surface area contributed by atoms with E-state index in [2.05, 4.69) is 33.9 Å². The molecule has 0 unspecified atom stereocenters. The fourth-order valence-corrected chi connectivity index (χ4v) is 5.21. The molecule has 0 aliphatic carbocycles. The predicted molar refractivity (Wildman–Crippen MR) is 132 cm³/mol. The molecule has 0 N–H and O–H groups in total. The molecule has 2 heterocycles. The van der Waals surface area contributed by atoms with Gasteiger partial charge in [-0.1, -0.05) is 47.7 Å². The van der Waals surface area contributed by atoms with Crippen LogP contribution >= 0.6 is 27.3 Å². The van der Waals surface area contributed by atoms with Crippen molar-refractivity contribution in [2.75, 3.05) is 7.11 Å². The maximum atomic E-state index is 13.0. The topological polar surface area (TPSA) is 52.8 Å². The van der Waals surface area contributed by atoms with Gasteiger partial charge in [0.1, 0.15) is 6.61 Å². The Morgan fingerprint density at radius 3 is 2.72 bits per heavy atom. The van der Waals surface area contributed by atoms with Crippen molar-refractivity contribution in [1.82, 2.24) is 9.38 Å². The number of thiazole rings is 1. The normalized spacial score (nSPS) is 12.0. The highest BCUT2D eigenvalue weighted by Gasteiger charge is 2.14. The highest BCUT2D eigenvalue weighted by molar-refractivity contribution is 9.10. The van der Waals surface area contributed by atoms with Gasteiger partial charge in [0.2, 0.25) is 0 Å². The quantitative estimate of drug-likeness (QED) is 0.332. The van der Waals surface area contributed by atoms with Gasteiger partial charge in [0.15, 0.2) is 16.5 Å². The van der Waals surface area contributed by atoms with Crippen LogP contribution in [0.1, 0.15) is 16.7 Å². The van der Waals surface area contributed by atoms with Crippen LogP contribution in [0, 0.1) is 6.92 Å². The van der Waals surface area contributed by atoms with Crippen LogP contribution in [0.25, 0.3) is 22.1 Å². The molecule has 0 saturated carbocycles. The Morgan fingerprint density at radius 1 is 1.12 bits per heavy atom. The van der Waals surface area contributed by atoms with E-state index in [0.717, 1.165) is 26.6 Å². The first-order valence-corrected chi connectivity index (χ1v) is 11.6. The second-order valence-corrected chi connectivity index (χ2v) is 9.25. The monoisotopic (exact) mass is 506 g/mol. The first-order chi connectivity index (χ1) is 15.5. The Balaban J connectivity index is 1.53. The first-order valence-electron chi connectivity index (χ1n) is 10.0. The summed E-state index contributed by atoms with van der Waals surface area (Å²) >= 11 is 4.98.